The van der Waals surface area contributed by atoms with E-state index < -0.39 is 0 Å². The third-order valence-electron chi connectivity index (χ3n) is 6.08. The lowest BCUT2D eigenvalue weighted by molar-refractivity contribution is 0.0351. The van der Waals surface area contributed by atoms with Crippen LogP contribution in [0.3, 0.4) is 0 Å². The molecule has 1 aromatic rings. The molecule has 5 nitrogen and oxygen atoms in total. The van der Waals surface area contributed by atoms with Crippen LogP contribution in [0.25, 0.3) is 0 Å². The Morgan fingerprint density at radius 3 is 2.52 bits per heavy atom. The summed E-state index contributed by atoms with van der Waals surface area (Å²) in [7, 11) is 7.48. The third kappa shape index (κ3) is 3.78. The topological polar surface area (TPSA) is 34.2 Å². The first kappa shape index (κ1) is 18.5. The smallest absolute Gasteiger partial charge is 0.165 e. The summed E-state index contributed by atoms with van der Waals surface area (Å²) in [6.07, 6.45) is 2.50. The molecule has 25 heavy (non-hydrogen) atoms. The van der Waals surface area contributed by atoms with E-state index in [9.17, 15) is 0 Å². The second-order valence-corrected chi connectivity index (χ2v) is 7.64. The van der Waals surface area contributed by atoms with Gasteiger partial charge in [-0.2, -0.15) is 0 Å². The predicted octanol–water partition coefficient (Wildman–Crippen LogP) is 2.49. The fraction of sp³-hybridized carbons (Fsp3) is 0.700. The van der Waals surface area contributed by atoms with Gasteiger partial charge in [-0.15, -0.1) is 0 Å². The molecule has 2 aliphatic rings. The number of likely N-dealkylation sites (tertiary alicyclic amines) is 2. The number of methoxy groups -OCH3 is 3. The van der Waals surface area contributed by atoms with Gasteiger partial charge in [0.05, 0.1) is 20.8 Å². The van der Waals surface area contributed by atoms with Crippen LogP contribution in [0.5, 0.6) is 11.5 Å². The first-order chi connectivity index (χ1) is 12.1. The Morgan fingerprint density at radius 2 is 1.88 bits per heavy atom. The number of hydrogen-bond donors (Lipinski definition) is 0. The van der Waals surface area contributed by atoms with Gasteiger partial charge in [-0.3, -0.25) is 4.90 Å². The normalized spacial score (nSPS) is 23.9. The monoisotopic (exact) mass is 348 g/mol. The average Bonchev–Trinajstić information content (AvgIpc) is 2.92. The summed E-state index contributed by atoms with van der Waals surface area (Å²) in [5.41, 5.74) is 1.63. The van der Waals surface area contributed by atoms with E-state index in [0.717, 1.165) is 44.3 Å². The Balaban J connectivity index is 1.65. The van der Waals surface area contributed by atoms with Crippen LogP contribution in [0.4, 0.5) is 0 Å². The zero-order valence-electron chi connectivity index (χ0n) is 16.1. The molecule has 2 aliphatic heterocycles. The first-order valence-corrected chi connectivity index (χ1v) is 9.21. The third-order valence-corrected chi connectivity index (χ3v) is 6.08. The van der Waals surface area contributed by atoms with Gasteiger partial charge in [0, 0.05) is 38.2 Å². The van der Waals surface area contributed by atoms with E-state index in [1.807, 2.05) is 19.2 Å². The maximum atomic E-state index is 5.59. The highest BCUT2D eigenvalue weighted by Crippen LogP contribution is 2.44. The summed E-state index contributed by atoms with van der Waals surface area (Å²) < 4.78 is 16.5. The van der Waals surface area contributed by atoms with Crippen molar-refractivity contribution in [2.75, 3.05) is 61.2 Å². The van der Waals surface area contributed by atoms with E-state index in [1.165, 1.54) is 24.9 Å². The first-order valence-electron chi connectivity index (χ1n) is 9.21. The molecule has 1 aromatic carbocycles. The van der Waals surface area contributed by atoms with Crippen molar-refractivity contribution in [2.45, 2.75) is 19.4 Å². The van der Waals surface area contributed by atoms with Crippen molar-refractivity contribution in [1.82, 2.24) is 9.80 Å². The maximum Gasteiger partial charge on any atom is 0.165 e. The van der Waals surface area contributed by atoms with Crippen molar-refractivity contribution in [3.8, 4) is 11.5 Å². The lowest BCUT2D eigenvalue weighted by Crippen LogP contribution is -2.44. The molecule has 0 amide bonds. The van der Waals surface area contributed by atoms with Gasteiger partial charge in [-0.25, -0.2) is 0 Å². The molecule has 1 spiro atoms. The van der Waals surface area contributed by atoms with E-state index in [4.69, 9.17) is 14.2 Å². The van der Waals surface area contributed by atoms with Crippen LogP contribution in [-0.2, 0) is 11.3 Å². The van der Waals surface area contributed by atoms with E-state index in [-0.39, 0.29) is 0 Å². The van der Waals surface area contributed by atoms with Crippen LogP contribution in [0.15, 0.2) is 18.2 Å². The number of benzene rings is 1. The molecule has 140 valence electrons. The fourth-order valence-electron chi connectivity index (χ4n) is 4.77. The van der Waals surface area contributed by atoms with Gasteiger partial charge < -0.3 is 19.1 Å². The average molecular weight is 348 g/mol. The van der Waals surface area contributed by atoms with Crippen LogP contribution in [0.1, 0.15) is 18.4 Å². The summed E-state index contributed by atoms with van der Waals surface area (Å²) in [5, 5.41) is 0. The fourth-order valence-corrected chi connectivity index (χ4v) is 4.77. The van der Waals surface area contributed by atoms with Crippen molar-refractivity contribution >= 4 is 0 Å². The summed E-state index contributed by atoms with van der Waals surface area (Å²) in [4.78, 5) is 5.02. The van der Waals surface area contributed by atoms with Gasteiger partial charge in [-0.05, 0) is 44.5 Å². The van der Waals surface area contributed by atoms with Gasteiger partial charge >= 0.3 is 0 Å². The minimum atomic E-state index is 0.430. The summed E-state index contributed by atoms with van der Waals surface area (Å²) in [6.45, 7) is 6.44. The molecule has 0 aromatic heterocycles. The van der Waals surface area contributed by atoms with Crippen molar-refractivity contribution in [3.63, 3.8) is 0 Å². The van der Waals surface area contributed by atoms with Crippen LogP contribution in [-0.4, -0.2) is 71.0 Å². The molecule has 3 rings (SSSR count). The number of piperidine rings is 1. The van der Waals surface area contributed by atoms with Gasteiger partial charge in [0.2, 0.25) is 0 Å². The lowest BCUT2D eigenvalue weighted by atomic mass is 9.71. The van der Waals surface area contributed by atoms with Crippen molar-refractivity contribution in [1.29, 1.82) is 0 Å². The van der Waals surface area contributed by atoms with E-state index >= 15 is 0 Å². The molecule has 1 atom stereocenters. The molecule has 0 bridgehead atoms. The summed E-state index contributed by atoms with van der Waals surface area (Å²) in [5.74, 6) is 2.34. The Labute approximate surface area is 151 Å². The highest BCUT2D eigenvalue weighted by Gasteiger charge is 2.46. The minimum Gasteiger partial charge on any atom is -0.493 e. The highest BCUT2D eigenvalue weighted by atomic mass is 16.5. The molecule has 5 heteroatoms. The molecule has 0 aliphatic carbocycles. The number of rotatable bonds is 6. The Bertz CT molecular complexity index is 570. The molecule has 2 heterocycles. The maximum absolute atomic E-state index is 5.59. The number of hydrogen-bond acceptors (Lipinski definition) is 5. The molecule has 0 saturated carbocycles. The van der Waals surface area contributed by atoms with Crippen LogP contribution >= 0.6 is 0 Å². The van der Waals surface area contributed by atoms with E-state index in [2.05, 4.69) is 22.9 Å². The Morgan fingerprint density at radius 1 is 1.12 bits per heavy atom. The van der Waals surface area contributed by atoms with E-state index in [0.29, 0.717) is 11.3 Å². The Kier molecular flexibility index (Phi) is 5.87. The second-order valence-electron chi connectivity index (χ2n) is 7.64. The van der Waals surface area contributed by atoms with Gasteiger partial charge in [-0.1, -0.05) is 12.1 Å². The largest absolute Gasteiger partial charge is 0.493 e. The minimum absolute atomic E-state index is 0.430. The highest BCUT2D eigenvalue weighted by molar-refractivity contribution is 5.46. The molecule has 1 unspecified atom stereocenters. The van der Waals surface area contributed by atoms with E-state index in [1.54, 1.807) is 14.2 Å². The number of ether oxygens (including phenoxy) is 3. The molecule has 2 fully saturated rings. The molecule has 0 radical (unpaired) electrons. The summed E-state index contributed by atoms with van der Waals surface area (Å²) >= 11 is 0. The van der Waals surface area contributed by atoms with Crippen LogP contribution < -0.4 is 9.47 Å². The Hall–Kier alpha value is -1.30. The van der Waals surface area contributed by atoms with Crippen molar-refractivity contribution in [3.05, 3.63) is 23.8 Å². The zero-order chi connectivity index (χ0) is 17.9. The standard InChI is InChI=1S/C20H32N2O3/c1-21-13-17(14-23-2)20(15-21)8-10-22(11-9-20)12-16-6-5-7-18(24-3)19(16)25-4/h5-7,17H,8-15H2,1-4H3. The predicted molar refractivity (Wildman–Crippen MR) is 99.4 cm³/mol. The number of para-hydroxylation sites is 1. The quantitative estimate of drug-likeness (QED) is 0.789. The van der Waals surface area contributed by atoms with Crippen LogP contribution in [0.2, 0.25) is 0 Å². The van der Waals surface area contributed by atoms with Gasteiger partial charge in [0.25, 0.3) is 0 Å². The van der Waals surface area contributed by atoms with Crippen LogP contribution in [0, 0.1) is 11.3 Å². The van der Waals surface area contributed by atoms with Gasteiger partial charge in [0.15, 0.2) is 11.5 Å². The molecular weight excluding hydrogens is 316 g/mol. The van der Waals surface area contributed by atoms with Crippen molar-refractivity contribution < 1.29 is 14.2 Å². The SMILES string of the molecule is COCC1CN(C)CC12CCN(Cc1cccc(OC)c1OC)CC2. The number of nitrogens with zero attached hydrogens (tertiary/aromatic N) is 2. The molecular formula is C20H32N2O3. The van der Waals surface area contributed by atoms with Crippen molar-refractivity contribution in [2.24, 2.45) is 11.3 Å². The lowest BCUT2D eigenvalue weighted by Gasteiger charge is -2.42. The summed E-state index contributed by atoms with van der Waals surface area (Å²) in [6, 6.07) is 6.14. The molecule has 2 saturated heterocycles. The molecule has 0 N–H and O–H groups in total. The van der Waals surface area contributed by atoms with Gasteiger partial charge in [0.1, 0.15) is 0 Å². The zero-order valence-corrected chi connectivity index (χ0v) is 16.1. The second kappa shape index (κ2) is 7.94.